The molecule has 0 aromatic heterocycles. The fraction of sp³-hybridized carbons (Fsp3) is 0.533. The average Bonchev–Trinajstić information content (AvgIpc) is 2.38. The summed E-state index contributed by atoms with van der Waals surface area (Å²) in [7, 11) is 3.33. The van der Waals surface area contributed by atoms with E-state index in [0.29, 0.717) is 0 Å². The van der Waals surface area contributed by atoms with Crippen molar-refractivity contribution in [3.8, 4) is 5.75 Å². The zero-order chi connectivity index (χ0) is 15.2. The maximum Gasteiger partial charge on any atom is 0.221 e. The van der Waals surface area contributed by atoms with Crippen molar-refractivity contribution in [3.05, 3.63) is 18.2 Å². The first-order chi connectivity index (χ1) is 9.38. The fourth-order valence-electron chi connectivity index (χ4n) is 1.73. The molecule has 0 atom stereocenters. The monoisotopic (exact) mass is 280 g/mol. The Kier molecular flexibility index (Phi) is 5.82. The van der Waals surface area contributed by atoms with Crippen LogP contribution in [-0.2, 0) is 9.53 Å². The standard InChI is InChI=1S/C15H24N2O3/c1-11(18)17-12-6-7-14(19-4)13(10-12)16-9-8-15(2,3)20-5/h6-7,10,16H,8-9H2,1-5H3,(H,17,18). The lowest BCUT2D eigenvalue weighted by atomic mass is 10.1. The van der Waals surface area contributed by atoms with Crippen LogP contribution < -0.4 is 15.4 Å². The molecule has 0 aliphatic carbocycles. The van der Waals surface area contributed by atoms with Crippen LogP contribution in [0.3, 0.4) is 0 Å². The van der Waals surface area contributed by atoms with Crippen LogP contribution in [0.2, 0.25) is 0 Å². The van der Waals surface area contributed by atoms with E-state index in [1.54, 1.807) is 14.2 Å². The quantitative estimate of drug-likeness (QED) is 0.806. The van der Waals surface area contributed by atoms with E-state index in [2.05, 4.69) is 10.6 Å². The molecule has 1 amide bonds. The molecular formula is C15H24N2O3. The highest BCUT2D eigenvalue weighted by atomic mass is 16.5. The Morgan fingerprint density at radius 3 is 2.55 bits per heavy atom. The Bertz CT molecular complexity index is 458. The van der Waals surface area contributed by atoms with Crippen LogP contribution >= 0.6 is 0 Å². The second kappa shape index (κ2) is 7.14. The summed E-state index contributed by atoms with van der Waals surface area (Å²) in [6, 6.07) is 5.50. The van der Waals surface area contributed by atoms with Crippen molar-refractivity contribution < 1.29 is 14.3 Å². The van der Waals surface area contributed by atoms with Gasteiger partial charge in [0.25, 0.3) is 0 Å². The number of carbonyl (C=O) groups is 1. The van der Waals surface area contributed by atoms with Gasteiger partial charge in [-0.2, -0.15) is 0 Å². The molecule has 1 aromatic carbocycles. The van der Waals surface area contributed by atoms with Gasteiger partial charge in [0, 0.05) is 26.3 Å². The van der Waals surface area contributed by atoms with E-state index in [0.717, 1.165) is 30.1 Å². The molecule has 0 radical (unpaired) electrons. The van der Waals surface area contributed by atoms with Gasteiger partial charge in [0.1, 0.15) is 5.75 Å². The minimum absolute atomic E-state index is 0.0957. The Morgan fingerprint density at radius 1 is 1.30 bits per heavy atom. The maximum absolute atomic E-state index is 11.1. The molecule has 1 rings (SSSR count). The number of rotatable bonds is 7. The smallest absolute Gasteiger partial charge is 0.221 e. The van der Waals surface area contributed by atoms with Gasteiger partial charge < -0.3 is 20.1 Å². The molecule has 20 heavy (non-hydrogen) atoms. The number of nitrogens with one attached hydrogen (secondary N) is 2. The summed E-state index contributed by atoms with van der Waals surface area (Å²) < 4.78 is 10.7. The summed E-state index contributed by atoms with van der Waals surface area (Å²) in [4.78, 5) is 11.1. The van der Waals surface area contributed by atoms with Gasteiger partial charge >= 0.3 is 0 Å². The van der Waals surface area contributed by atoms with Crippen LogP contribution in [-0.4, -0.2) is 32.3 Å². The minimum atomic E-state index is -0.171. The van der Waals surface area contributed by atoms with E-state index < -0.39 is 0 Å². The van der Waals surface area contributed by atoms with Crippen LogP contribution in [0.25, 0.3) is 0 Å². The van der Waals surface area contributed by atoms with E-state index >= 15 is 0 Å². The highest BCUT2D eigenvalue weighted by molar-refractivity contribution is 5.89. The number of hydrogen-bond acceptors (Lipinski definition) is 4. The summed E-state index contributed by atoms with van der Waals surface area (Å²) in [6.07, 6.45) is 0.858. The Labute approximate surface area is 120 Å². The molecule has 0 saturated carbocycles. The molecule has 0 bridgehead atoms. The summed E-state index contributed by atoms with van der Waals surface area (Å²) in [6.45, 7) is 6.32. The van der Waals surface area contributed by atoms with Crippen molar-refractivity contribution in [2.45, 2.75) is 32.8 Å². The highest BCUT2D eigenvalue weighted by Crippen LogP contribution is 2.28. The Hall–Kier alpha value is -1.75. The van der Waals surface area contributed by atoms with Gasteiger partial charge in [-0.15, -0.1) is 0 Å². The number of ether oxygens (including phenoxy) is 2. The van der Waals surface area contributed by atoms with Crippen LogP contribution in [0.5, 0.6) is 5.75 Å². The van der Waals surface area contributed by atoms with Crippen molar-refractivity contribution in [1.82, 2.24) is 0 Å². The number of benzene rings is 1. The van der Waals surface area contributed by atoms with Crippen LogP contribution in [0.1, 0.15) is 27.2 Å². The van der Waals surface area contributed by atoms with Crippen molar-refractivity contribution >= 4 is 17.3 Å². The lowest BCUT2D eigenvalue weighted by Crippen LogP contribution is -2.25. The normalized spacial score (nSPS) is 11.1. The lowest BCUT2D eigenvalue weighted by molar-refractivity contribution is -0.114. The van der Waals surface area contributed by atoms with Crippen LogP contribution in [0.4, 0.5) is 11.4 Å². The van der Waals surface area contributed by atoms with Crippen LogP contribution in [0, 0.1) is 0 Å². The maximum atomic E-state index is 11.1. The molecule has 2 N–H and O–H groups in total. The SMILES string of the molecule is COc1ccc(NC(C)=O)cc1NCCC(C)(C)OC. The first-order valence-electron chi connectivity index (χ1n) is 6.62. The Morgan fingerprint density at radius 2 is 2.00 bits per heavy atom. The first kappa shape index (κ1) is 16.3. The number of amides is 1. The van der Waals surface area contributed by atoms with E-state index in [9.17, 15) is 4.79 Å². The van der Waals surface area contributed by atoms with Crippen LogP contribution in [0.15, 0.2) is 18.2 Å². The summed E-state index contributed by atoms with van der Waals surface area (Å²) in [5, 5.41) is 6.07. The van der Waals surface area contributed by atoms with Gasteiger partial charge in [-0.3, -0.25) is 4.79 Å². The third-order valence-corrected chi connectivity index (χ3v) is 3.11. The average molecular weight is 280 g/mol. The van der Waals surface area contributed by atoms with Crippen molar-refractivity contribution in [3.63, 3.8) is 0 Å². The summed E-state index contributed by atoms with van der Waals surface area (Å²) in [5.74, 6) is 0.649. The summed E-state index contributed by atoms with van der Waals surface area (Å²) >= 11 is 0. The van der Waals surface area contributed by atoms with Crippen molar-refractivity contribution in [2.24, 2.45) is 0 Å². The number of hydrogen-bond donors (Lipinski definition) is 2. The Balaban J connectivity index is 2.73. The third-order valence-electron chi connectivity index (χ3n) is 3.11. The van der Waals surface area contributed by atoms with E-state index in [4.69, 9.17) is 9.47 Å². The number of methoxy groups -OCH3 is 2. The lowest BCUT2D eigenvalue weighted by Gasteiger charge is -2.23. The molecule has 5 nitrogen and oxygen atoms in total. The minimum Gasteiger partial charge on any atom is -0.495 e. The second-order valence-corrected chi connectivity index (χ2v) is 5.24. The van der Waals surface area contributed by atoms with E-state index in [1.165, 1.54) is 6.92 Å². The van der Waals surface area contributed by atoms with Gasteiger partial charge in [-0.25, -0.2) is 0 Å². The molecule has 0 unspecified atom stereocenters. The first-order valence-corrected chi connectivity index (χ1v) is 6.62. The molecule has 0 fully saturated rings. The predicted octanol–water partition coefficient (Wildman–Crippen LogP) is 2.88. The molecule has 0 saturated heterocycles. The van der Waals surface area contributed by atoms with Gasteiger partial charge in [0.2, 0.25) is 5.91 Å². The summed E-state index contributed by atoms with van der Waals surface area (Å²) in [5.41, 5.74) is 1.42. The molecular weight excluding hydrogens is 256 g/mol. The molecule has 112 valence electrons. The van der Waals surface area contributed by atoms with Gasteiger partial charge in [-0.1, -0.05) is 0 Å². The fourth-order valence-corrected chi connectivity index (χ4v) is 1.73. The molecule has 0 heterocycles. The topological polar surface area (TPSA) is 59.6 Å². The molecule has 0 spiro atoms. The molecule has 5 heteroatoms. The molecule has 1 aromatic rings. The van der Waals surface area contributed by atoms with Crippen molar-refractivity contribution in [1.29, 1.82) is 0 Å². The second-order valence-electron chi connectivity index (χ2n) is 5.24. The molecule has 0 aliphatic rings. The largest absolute Gasteiger partial charge is 0.495 e. The zero-order valence-corrected chi connectivity index (χ0v) is 12.9. The highest BCUT2D eigenvalue weighted by Gasteiger charge is 2.15. The number of anilines is 2. The van der Waals surface area contributed by atoms with Gasteiger partial charge in [0.05, 0.1) is 18.4 Å². The van der Waals surface area contributed by atoms with Gasteiger partial charge in [0.15, 0.2) is 0 Å². The third kappa shape index (κ3) is 5.09. The molecule has 0 aliphatic heterocycles. The van der Waals surface area contributed by atoms with Crippen molar-refractivity contribution in [2.75, 3.05) is 31.4 Å². The van der Waals surface area contributed by atoms with Gasteiger partial charge in [-0.05, 0) is 38.5 Å². The zero-order valence-electron chi connectivity index (χ0n) is 12.9. The van der Waals surface area contributed by atoms with E-state index in [1.807, 2.05) is 32.0 Å². The van der Waals surface area contributed by atoms with E-state index in [-0.39, 0.29) is 11.5 Å². The predicted molar refractivity (Wildman–Crippen MR) is 81.5 cm³/mol. The number of carbonyl (C=O) groups excluding carboxylic acids is 1.